The number of benzene rings is 2. The van der Waals surface area contributed by atoms with Crippen molar-refractivity contribution >= 4 is 5.91 Å². The summed E-state index contributed by atoms with van der Waals surface area (Å²) < 4.78 is 11.4. The second-order valence-corrected chi connectivity index (χ2v) is 7.18. The van der Waals surface area contributed by atoms with E-state index in [1.807, 2.05) is 37.3 Å². The number of hydrogen-bond donors (Lipinski definition) is 4. The fourth-order valence-corrected chi connectivity index (χ4v) is 3.56. The first-order valence-electron chi connectivity index (χ1n) is 9.60. The summed E-state index contributed by atoms with van der Waals surface area (Å²) in [6.45, 7) is 3.22. The largest absolute Gasteiger partial charge is 0.508 e. The van der Waals surface area contributed by atoms with E-state index in [0.29, 0.717) is 19.6 Å². The first-order valence-corrected chi connectivity index (χ1v) is 9.60. The fourth-order valence-electron chi connectivity index (χ4n) is 3.56. The van der Waals surface area contributed by atoms with Crippen LogP contribution in [0.3, 0.4) is 0 Å². The molecule has 2 aliphatic heterocycles. The van der Waals surface area contributed by atoms with Gasteiger partial charge < -0.3 is 19.9 Å². The summed E-state index contributed by atoms with van der Waals surface area (Å²) in [4.78, 5) is 12.7. The third-order valence-electron chi connectivity index (χ3n) is 5.16. The summed E-state index contributed by atoms with van der Waals surface area (Å²) in [5.74, 6) is 1.59. The topological polar surface area (TPSA) is 91.9 Å². The summed E-state index contributed by atoms with van der Waals surface area (Å²) in [5.41, 5.74) is 7.87. The molecule has 2 heterocycles. The first-order chi connectivity index (χ1) is 13.6. The Balaban J connectivity index is 1.39. The quantitative estimate of drug-likeness (QED) is 0.648. The minimum absolute atomic E-state index is 0.0926. The minimum Gasteiger partial charge on any atom is -0.508 e. The highest BCUT2D eigenvalue weighted by Crippen LogP contribution is 2.33. The maximum absolute atomic E-state index is 12.7. The van der Waals surface area contributed by atoms with Crippen molar-refractivity contribution in [2.75, 3.05) is 13.2 Å². The van der Waals surface area contributed by atoms with E-state index in [9.17, 15) is 9.90 Å². The molecule has 2 aliphatic rings. The number of amides is 1. The number of para-hydroxylation sites is 1. The third-order valence-corrected chi connectivity index (χ3v) is 5.16. The van der Waals surface area contributed by atoms with Crippen LogP contribution in [0.5, 0.6) is 17.2 Å². The van der Waals surface area contributed by atoms with Gasteiger partial charge in [-0.3, -0.25) is 4.79 Å². The van der Waals surface area contributed by atoms with E-state index in [1.54, 1.807) is 12.1 Å². The van der Waals surface area contributed by atoms with Gasteiger partial charge in [-0.1, -0.05) is 24.3 Å². The lowest BCUT2D eigenvalue weighted by Gasteiger charge is -2.18. The summed E-state index contributed by atoms with van der Waals surface area (Å²) >= 11 is 0. The van der Waals surface area contributed by atoms with Crippen LogP contribution < -0.4 is 25.6 Å². The lowest BCUT2D eigenvalue weighted by molar-refractivity contribution is -0.123. The van der Waals surface area contributed by atoms with Gasteiger partial charge in [0, 0.05) is 12.0 Å². The molecule has 0 aliphatic carbocycles. The average Bonchev–Trinajstić information content (AvgIpc) is 3.07. The summed E-state index contributed by atoms with van der Waals surface area (Å²) in [5, 5.41) is 13.1. The highest BCUT2D eigenvalue weighted by Gasteiger charge is 2.32. The van der Waals surface area contributed by atoms with Gasteiger partial charge in [-0.2, -0.15) is 0 Å². The number of rotatable bonds is 4. The molecule has 0 bridgehead atoms. The number of fused-ring (bicyclic) bond motifs is 1. The van der Waals surface area contributed by atoms with Gasteiger partial charge in [-0.15, -0.1) is 0 Å². The van der Waals surface area contributed by atoms with Crippen molar-refractivity contribution in [3.8, 4) is 17.2 Å². The van der Waals surface area contributed by atoms with Crippen molar-refractivity contribution < 1.29 is 19.4 Å². The van der Waals surface area contributed by atoms with Crippen LogP contribution in [0.4, 0.5) is 0 Å². The maximum atomic E-state index is 12.7. The average molecular weight is 383 g/mol. The second-order valence-electron chi connectivity index (χ2n) is 7.18. The smallest absolute Gasteiger partial charge is 0.239 e. The van der Waals surface area contributed by atoms with Gasteiger partial charge in [0.25, 0.3) is 0 Å². The SMILES string of the molecule is CC(NC(=O)C1CC(c2ccccc2O)NN1)c1ccc2c(c1)OCCCO2. The van der Waals surface area contributed by atoms with Gasteiger partial charge in [0.2, 0.25) is 5.91 Å². The third kappa shape index (κ3) is 3.90. The number of phenolic OH excluding ortho intramolecular Hbond substituents is 1. The molecule has 1 amide bonds. The van der Waals surface area contributed by atoms with Gasteiger partial charge in [0.1, 0.15) is 11.8 Å². The molecule has 0 spiro atoms. The first kappa shape index (κ1) is 18.6. The minimum atomic E-state index is -0.382. The van der Waals surface area contributed by atoms with Gasteiger partial charge in [0.05, 0.1) is 25.3 Å². The molecule has 1 saturated heterocycles. The van der Waals surface area contributed by atoms with Crippen molar-refractivity contribution in [1.29, 1.82) is 0 Å². The zero-order chi connectivity index (χ0) is 19.5. The zero-order valence-electron chi connectivity index (χ0n) is 15.8. The van der Waals surface area contributed by atoms with Crippen LogP contribution in [-0.2, 0) is 4.79 Å². The summed E-state index contributed by atoms with van der Waals surface area (Å²) in [6.07, 6.45) is 1.41. The maximum Gasteiger partial charge on any atom is 0.239 e. The van der Waals surface area contributed by atoms with E-state index in [4.69, 9.17) is 9.47 Å². The van der Waals surface area contributed by atoms with Gasteiger partial charge >= 0.3 is 0 Å². The van der Waals surface area contributed by atoms with Crippen LogP contribution in [0.1, 0.15) is 43.0 Å². The molecular weight excluding hydrogens is 358 g/mol. The number of phenols is 1. The molecule has 3 unspecified atom stereocenters. The number of ether oxygens (including phenoxy) is 2. The number of carbonyl (C=O) groups excluding carboxylic acids is 1. The zero-order valence-corrected chi connectivity index (χ0v) is 15.8. The molecule has 0 radical (unpaired) electrons. The Bertz CT molecular complexity index is 857. The van der Waals surface area contributed by atoms with Crippen molar-refractivity contribution in [2.45, 2.75) is 37.9 Å². The normalized spacial score (nSPS) is 22.3. The lowest BCUT2D eigenvalue weighted by Crippen LogP contribution is -2.43. The van der Waals surface area contributed by atoms with E-state index in [-0.39, 0.29) is 29.8 Å². The van der Waals surface area contributed by atoms with E-state index in [1.165, 1.54) is 0 Å². The Hall–Kier alpha value is -2.77. The van der Waals surface area contributed by atoms with E-state index < -0.39 is 0 Å². The van der Waals surface area contributed by atoms with Crippen molar-refractivity contribution in [3.05, 3.63) is 53.6 Å². The highest BCUT2D eigenvalue weighted by molar-refractivity contribution is 5.82. The van der Waals surface area contributed by atoms with Gasteiger partial charge in [-0.05, 0) is 37.1 Å². The molecule has 3 atom stereocenters. The molecule has 1 fully saturated rings. The molecule has 148 valence electrons. The van der Waals surface area contributed by atoms with Crippen molar-refractivity contribution in [3.63, 3.8) is 0 Å². The van der Waals surface area contributed by atoms with Crippen molar-refractivity contribution in [2.24, 2.45) is 0 Å². The summed E-state index contributed by atoms with van der Waals surface area (Å²) in [6, 6.07) is 12.3. The van der Waals surface area contributed by atoms with Gasteiger partial charge in [0.15, 0.2) is 11.5 Å². The molecule has 28 heavy (non-hydrogen) atoms. The molecule has 2 aromatic rings. The highest BCUT2D eigenvalue weighted by atomic mass is 16.5. The lowest BCUT2D eigenvalue weighted by atomic mass is 10.0. The Kier molecular flexibility index (Phi) is 5.36. The second kappa shape index (κ2) is 8.08. The molecule has 2 aromatic carbocycles. The number of hydrazine groups is 1. The predicted octanol–water partition coefficient (Wildman–Crippen LogP) is 2.34. The van der Waals surface area contributed by atoms with Crippen LogP contribution >= 0.6 is 0 Å². The Morgan fingerprint density at radius 3 is 2.75 bits per heavy atom. The fraction of sp³-hybridized carbons (Fsp3) is 0.381. The molecule has 7 nitrogen and oxygen atoms in total. The van der Waals surface area contributed by atoms with E-state index in [2.05, 4.69) is 16.2 Å². The standard InChI is InChI=1S/C21H25N3O4/c1-13(14-7-8-19-20(11-14)28-10-4-9-27-19)22-21(26)17-12-16(23-24-17)15-5-2-3-6-18(15)25/h2-3,5-8,11,13,16-17,23-25H,4,9-10,12H2,1H3,(H,22,26). The Morgan fingerprint density at radius 1 is 1.14 bits per heavy atom. The predicted molar refractivity (Wildman–Crippen MR) is 104 cm³/mol. The van der Waals surface area contributed by atoms with Crippen LogP contribution in [0, 0.1) is 0 Å². The van der Waals surface area contributed by atoms with Crippen LogP contribution in [-0.4, -0.2) is 30.3 Å². The molecule has 4 rings (SSSR count). The molecule has 4 N–H and O–H groups in total. The monoisotopic (exact) mass is 383 g/mol. The van der Waals surface area contributed by atoms with Crippen LogP contribution in [0.25, 0.3) is 0 Å². The molecular formula is C21H25N3O4. The Morgan fingerprint density at radius 2 is 1.93 bits per heavy atom. The number of nitrogens with one attached hydrogen (secondary N) is 3. The number of aromatic hydroxyl groups is 1. The van der Waals surface area contributed by atoms with E-state index in [0.717, 1.165) is 29.0 Å². The van der Waals surface area contributed by atoms with Crippen LogP contribution in [0.2, 0.25) is 0 Å². The molecule has 0 saturated carbocycles. The van der Waals surface area contributed by atoms with Crippen LogP contribution in [0.15, 0.2) is 42.5 Å². The molecule has 0 aromatic heterocycles. The van der Waals surface area contributed by atoms with Gasteiger partial charge in [-0.25, -0.2) is 10.9 Å². The Labute approximate surface area is 164 Å². The number of carbonyl (C=O) groups is 1. The molecule has 7 heteroatoms. The number of hydrogen-bond acceptors (Lipinski definition) is 6. The van der Waals surface area contributed by atoms with E-state index >= 15 is 0 Å². The van der Waals surface area contributed by atoms with Crippen molar-refractivity contribution in [1.82, 2.24) is 16.2 Å². The summed E-state index contributed by atoms with van der Waals surface area (Å²) in [7, 11) is 0.